The maximum atomic E-state index is 2.51. The fourth-order valence-corrected chi connectivity index (χ4v) is 10.5. The number of anilines is 3. The standard InChI is InChI=1S/C48H30N2S2/c1-2-15-32(16-3-1)50-40-24-7-4-18-35(40)37-22-11-21-34(47(37)50)31-14-10-17-33(30-31)49(41-25-13-29-45-46(41)39-20-6-9-28-44(39)51-45)42-26-12-23-38-36-19-5-8-27-43(36)52-48(38)42/h1-30H. The zero-order valence-electron chi connectivity index (χ0n) is 28.0. The smallest absolute Gasteiger partial charge is 0.0640 e. The summed E-state index contributed by atoms with van der Waals surface area (Å²) in [7, 11) is 0. The molecule has 0 aliphatic carbocycles. The molecule has 0 atom stereocenters. The van der Waals surface area contributed by atoms with Crippen LogP contribution in [0.3, 0.4) is 0 Å². The molecule has 0 amide bonds. The third-order valence-corrected chi connectivity index (χ3v) is 12.7. The maximum absolute atomic E-state index is 2.51. The largest absolute Gasteiger partial charge is 0.309 e. The molecular weight excluding hydrogens is 669 g/mol. The van der Waals surface area contributed by atoms with Gasteiger partial charge in [0.15, 0.2) is 0 Å². The molecule has 11 rings (SSSR count). The molecule has 4 heteroatoms. The van der Waals surface area contributed by atoms with E-state index in [0.717, 1.165) is 11.4 Å². The molecule has 0 bridgehead atoms. The monoisotopic (exact) mass is 698 g/mol. The molecule has 3 aromatic heterocycles. The van der Waals surface area contributed by atoms with Crippen molar-refractivity contribution in [2.75, 3.05) is 4.90 Å². The molecule has 0 fully saturated rings. The predicted molar refractivity (Wildman–Crippen MR) is 227 cm³/mol. The normalized spacial score (nSPS) is 11.8. The Morgan fingerprint density at radius 3 is 1.94 bits per heavy atom. The number of aromatic nitrogens is 1. The summed E-state index contributed by atoms with van der Waals surface area (Å²) in [5.74, 6) is 0. The SMILES string of the molecule is c1ccc(-n2c3ccccc3c3cccc(-c4cccc(N(c5cccc6c5sc5ccccc56)c5cccc6sc7ccccc7c56)c4)c32)cc1. The highest BCUT2D eigenvalue weighted by molar-refractivity contribution is 7.26. The average molecular weight is 699 g/mol. The van der Waals surface area contributed by atoms with E-state index < -0.39 is 0 Å². The average Bonchev–Trinajstić information content (AvgIpc) is 3.89. The Hall–Kier alpha value is -6.20. The first-order valence-electron chi connectivity index (χ1n) is 17.6. The van der Waals surface area contributed by atoms with Gasteiger partial charge in [0.2, 0.25) is 0 Å². The second-order valence-corrected chi connectivity index (χ2v) is 15.4. The van der Waals surface area contributed by atoms with Gasteiger partial charge in [0.25, 0.3) is 0 Å². The fraction of sp³-hybridized carbons (Fsp3) is 0. The third kappa shape index (κ3) is 4.42. The van der Waals surface area contributed by atoms with Crippen LogP contribution in [-0.4, -0.2) is 4.57 Å². The first-order chi connectivity index (χ1) is 25.8. The highest BCUT2D eigenvalue weighted by atomic mass is 32.1. The highest BCUT2D eigenvalue weighted by Gasteiger charge is 2.23. The third-order valence-electron chi connectivity index (χ3n) is 10.4. The second kappa shape index (κ2) is 11.7. The van der Waals surface area contributed by atoms with Crippen LogP contribution in [0.2, 0.25) is 0 Å². The molecule has 3 heterocycles. The van der Waals surface area contributed by atoms with Gasteiger partial charge < -0.3 is 9.47 Å². The van der Waals surface area contributed by atoms with E-state index in [2.05, 4.69) is 191 Å². The molecule has 0 unspecified atom stereocenters. The Balaban J connectivity index is 1.21. The Kier molecular flexibility index (Phi) is 6.63. The van der Waals surface area contributed by atoms with Gasteiger partial charge in [-0.3, -0.25) is 0 Å². The van der Waals surface area contributed by atoms with Gasteiger partial charge in [0.1, 0.15) is 0 Å². The number of hydrogen-bond acceptors (Lipinski definition) is 3. The molecule has 0 saturated heterocycles. The van der Waals surface area contributed by atoms with Crippen LogP contribution >= 0.6 is 22.7 Å². The van der Waals surface area contributed by atoms with Crippen LogP contribution in [0.15, 0.2) is 182 Å². The lowest BCUT2D eigenvalue weighted by Crippen LogP contribution is -2.10. The van der Waals surface area contributed by atoms with E-state index in [4.69, 9.17) is 0 Å². The van der Waals surface area contributed by atoms with E-state index in [1.54, 1.807) is 0 Å². The Morgan fingerprint density at radius 2 is 1.06 bits per heavy atom. The van der Waals surface area contributed by atoms with Gasteiger partial charge in [-0.05, 0) is 66.2 Å². The molecule has 0 radical (unpaired) electrons. The van der Waals surface area contributed by atoms with Gasteiger partial charge in [-0.2, -0.15) is 0 Å². The maximum Gasteiger partial charge on any atom is 0.0640 e. The molecule has 2 nitrogen and oxygen atoms in total. The van der Waals surface area contributed by atoms with Gasteiger partial charge >= 0.3 is 0 Å². The van der Waals surface area contributed by atoms with Crippen LogP contribution in [0.25, 0.3) is 79.0 Å². The van der Waals surface area contributed by atoms with Crippen LogP contribution in [0.4, 0.5) is 17.1 Å². The van der Waals surface area contributed by atoms with E-state index in [1.165, 1.54) is 84.7 Å². The van der Waals surface area contributed by atoms with Gasteiger partial charge in [-0.15, -0.1) is 22.7 Å². The van der Waals surface area contributed by atoms with Gasteiger partial charge in [-0.25, -0.2) is 0 Å². The molecule has 0 aliphatic heterocycles. The first-order valence-corrected chi connectivity index (χ1v) is 19.2. The minimum absolute atomic E-state index is 1.13. The minimum atomic E-state index is 1.13. The van der Waals surface area contributed by atoms with E-state index in [1.807, 2.05) is 22.7 Å². The van der Waals surface area contributed by atoms with Crippen molar-refractivity contribution in [1.82, 2.24) is 4.57 Å². The lowest BCUT2D eigenvalue weighted by Gasteiger charge is -2.27. The second-order valence-electron chi connectivity index (χ2n) is 13.3. The number of benzene rings is 8. The van der Waals surface area contributed by atoms with Crippen LogP contribution in [0, 0.1) is 0 Å². The van der Waals surface area contributed by atoms with Gasteiger partial charge in [0.05, 0.1) is 27.1 Å². The summed E-state index contributed by atoms with van der Waals surface area (Å²) >= 11 is 3.75. The Morgan fingerprint density at radius 1 is 0.423 bits per heavy atom. The van der Waals surface area contributed by atoms with Gasteiger partial charge in [0, 0.05) is 63.4 Å². The molecule has 244 valence electrons. The summed E-state index contributed by atoms with van der Waals surface area (Å²) < 4.78 is 7.62. The number of thiophene rings is 2. The predicted octanol–water partition coefficient (Wildman–Crippen LogP) is 14.7. The first kappa shape index (κ1) is 29.5. The van der Waals surface area contributed by atoms with E-state index in [0.29, 0.717) is 0 Å². The summed E-state index contributed by atoms with van der Waals surface area (Å²) in [6.07, 6.45) is 0. The van der Waals surface area contributed by atoms with Crippen LogP contribution in [0.1, 0.15) is 0 Å². The topological polar surface area (TPSA) is 8.17 Å². The number of hydrogen-bond donors (Lipinski definition) is 0. The summed E-state index contributed by atoms with van der Waals surface area (Å²) in [6, 6.07) is 66.6. The van der Waals surface area contributed by atoms with Crippen molar-refractivity contribution in [3.63, 3.8) is 0 Å². The zero-order chi connectivity index (χ0) is 34.2. The summed E-state index contributed by atoms with van der Waals surface area (Å²) in [5.41, 5.74) is 9.48. The minimum Gasteiger partial charge on any atom is -0.309 e. The van der Waals surface area contributed by atoms with Crippen molar-refractivity contribution in [3.8, 4) is 16.8 Å². The number of para-hydroxylation sites is 3. The highest BCUT2D eigenvalue weighted by Crippen LogP contribution is 2.49. The molecule has 0 saturated carbocycles. The Bertz CT molecular complexity index is 3150. The van der Waals surface area contributed by atoms with Crippen molar-refractivity contribution in [1.29, 1.82) is 0 Å². The summed E-state index contributed by atoms with van der Waals surface area (Å²) in [5, 5.41) is 7.69. The fourth-order valence-electron chi connectivity index (χ4n) is 8.17. The van der Waals surface area contributed by atoms with Crippen molar-refractivity contribution in [2.24, 2.45) is 0 Å². The lowest BCUT2D eigenvalue weighted by molar-refractivity contribution is 1.18. The van der Waals surface area contributed by atoms with Crippen molar-refractivity contribution in [3.05, 3.63) is 182 Å². The van der Waals surface area contributed by atoms with E-state index in [9.17, 15) is 0 Å². The number of nitrogens with zero attached hydrogens (tertiary/aromatic N) is 2. The molecule has 0 spiro atoms. The zero-order valence-corrected chi connectivity index (χ0v) is 29.7. The van der Waals surface area contributed by atoms with Crippen molar-refractivity contribution in [2.45, 2.75) is 0 Å². The molecule has 0 aliphatic rings. The molecule has 11 aromatic rings. The van der Waals surface area contributed by atoms with Gasteiger partial charge in [-0.1, -0.05) is 121 Å². The van der Waals surface area contributed by atoms with Crippen molar-refractivity contribution >= 4 is 102 Å². The lowest BCUT2D eigenvalue weighted by atomic mass is 10.0. The molecule has 52 heavy (non-hydrogen) atoms. The summed E-state index contributed by atoms with van der Waals surface area (Å²) in [6.45, 7) is 0. The molecule has 0 N–H and O–H groups in total. The van der Waals surface area contributed by atoms with Crippen LogP contribution in [0.5, 0.6) is 0 Å². The Labute approximate surface area is 308 Å². The van der Waals surface area contributed by atoms with Crippen LogP contribution in [-0.2, 0) is 0 Å². The number of rotatable bonds is 5. The summed E-state index contributed by atoms with van der Waals surface area (Å²) in [4.78, 5) is 2.51. The van der Waals surface area contributed by atoms with Crippen LogP contribution < -0.4 is 4.90 Å². The molecular formula is C48H30N2S2. The van der Waals surface area contributed by atoms with E-state index in [-0.39, 0.29) is 0 Å². The number of fused-ring (bicyclic) bond motifs is 9. The quantitative estimate of drug-likeness (QED) is 0.174. The van der Waals surface area contributed by atoms with E-state index >= 15 is 0 Å². The van der Waals surface area contributed by atoms with Crippen molar-refractivity contribution < 1.29 is 0 Å². The molecule has 8 aromatic carbocycles.